The molecule has 1 aromatic rings. The van der Waals surface area contributed by atoms with Crippen LogP contribution in [0.25, 0.3) is 0 Å². The molecule has 1 unspecified atom stereocenters. The van der Waals surface area contributed by atoms with Crippen molar-refractivity contribution < 1.29 is 9.90 Å². The van der Waals surface area contributed by atoms with Crippen LogP contribution in [0, 0.1) is 5.92 Å². The van der Waals surface area contributed by atoms with E-state index in [0.717, 1.165) is 6.42 Å². The molecule has 0 radical (unpaired) electrons. The van der Waals surface area contributed by atoms with Crippen LogP contribution in [0.5, 0.6) is 0 Å². The third-order valence-corrected chi connectivity index (χ3v) is 2.80. The highest BCUT2D eigenvalue weighted by molar-refractivity contribution is 6.33. The van der Waals surface area contributed by atoms with E-state index in [1.807, 2.05) is 6.92 Å². The maximum absolute atomic E-state index is 10.6. The van der Waals surface area contributed by atoms with Gasteiger partial charge in [0.15, 0.2) is 10.3 Å². The number of nitrogens with zero attached hydrogens (tertiary/aromatic N) is 2. The number of hydrogen-bond donors (Lipinski definition) is 2. The first-order valence-corrected chi connectivity index (χ1v) is 5.93. The summed E-state index contributed by atoms with van der Waals surface area (Å²) in [5, 5.41) is 19.4. The van der Waals surface area contributed by atoms with E-state index in [9.17, 15) is 4.79 Å². The van der Waals surface area contributed by atoms with Crippen LogP contribution < -0.4 is 5.32 Å². The van der Waals surface area contributed by atoms with Crippen molar-refractivity contribution in [2.24, 2.45) is 5.92 Å². The van der Waals surface area contributed by atoms with Crippen LogP contribution in [0.1, 0.15) is 19.8 Å². The van der Waals surface area contributed by atoms with Gasteiger partial charge in [-0.1, -0.05) is 36.5 Å². The van der Waals surface area contributed by atoms with Crippen LogP contribution >= 0.6 is 23.2 Å². The molecule has 0 aliphatic rings. The molecule has 0 fully saturated rings. The Labute approximate surface area is 109 Å². The molecule has 0 bridgehead atoms. The Hall–Kier alpha value is -1.07. The number of halogens is 2. The van der Waals surface area contributed by atoms with Crippen molar-refractivity contribution in [3.63, 3.8) is 0 Å². The summed E-state index contributed by atoms with van der Waals surface area (Å²) in [4.78, 5) is 10.6. The van der Waals surface area contributed by atoms with Gasteiger partial charge < -0.3 is 10.4 Å². The van der Waals surface area contributed by atoms with Crippen LogP contribution in [-0.4, -0.2) is 27.8 Å². The summed E-state index contributed by atoms with van der Waals surface area (Å²) in [6.07, 6.45) is 0.885. The molecule has 0 aliphatic heterocycles. The molecule has 0 amide bonds. The predicted octanol–water partition coefficient (Wildman–Crippen LogP) is 2.70. The maximum Gasteiger partial charge on any atom is 0.303 e. The zero-order valence-corrected chi connectivity index (χ0v) is 10.8. The van der Waals surface area contributed by atoms with E-state index in [1.54, 1.807) is 6.07 Å². The Morgan fingerprint density at radius 2 is 2.24 bits per heavy atom. The topological polar surface area (TPSA) is 75.1 Å². The van der Waals surface area contributed by atoms with Crippen molar-refractivity contribution in [3.05, 3.63) is 16.4 Å². The van der Waals surface area contributed by atoms with Gasteiger partial charge >= 0.3 is 5.97 Å². The molecule has 1 aromatic heterocycles. The average Bonchev–Trinajstić information content (AvgIpc) is 2.28. The summed E-state index contributed by atoms with van der Waals surface area (Å²) < 4.78 is 0. The lowest BCUT2D eigenvalue weighted by atomic mass is 10.0. The number of rotatable bonds is 6. The summed E-state index contributed by atoms with van der Waals surface area (Å²) in [6, 6.07) is 1.56. The minimum atomic E-state index is -0.810. The van der Waals surface area contributed by atoms with Crippen LogP contribution in [0.15, 0.2) is 6.07 Å². The first kappa shape index (κ1) is 14.0. The van der Waals surface area contributed by atoms with E-state index < -0.39 is 5.97 Å². The molecular weight excluding hydrogens is 265 g/mol. The van der Waals surface area contributed by atoms with Gasteiger partial charge in [-0.05, 0) is 5.92 Å². The molecule has 0 spiro atoms. The summed E-state index contributed by atoms with van der Waals surface area (Å²) in [5.74, 6) is -0.772. The third-order valence-electron chi connectivity index (χ3n) is 2.34. The van der Waals surface area contributed by atoms with E-state index in [1.165, 1.54) is 0 Å². The van der Waals surface area contributed by atoms with E-state index in [-0.39, 0.29) is 22.6 Å². The van der Waals surface area contributed by atoms with Crippen LogP contribution in [-0.2, 0) is 4.79 Å². The third kappa shape index (κ3) is 4.75. The summed E-state index contributed by atoms with van der Waals surface area (Å²) in [6.45, 7) is 2.44. The van der Waals surface area contributed by atoms with Crippen molar-refractivity contribution in [1.82, 2.24) is 10.2 Å². The largest absolute Gasteiger partial charge is 0.481 e. The first-order valence-electron chi connectivity index (χ1n) is 5.17. The molecule has 1 atom stereocenters. The first-order chi connectivity index (χ1) is 8.02. The van der Waals surface area contributed by atoms with Crippen molar-refractivity contribution in [3.8, 4) is 0 Å². The van der Waals surface area contributed by atoms with E-state index >= 15 is 0 Å². The Kier molecular flexibility index (Phi) is 5.44. The van der Waals surface area contributed by atoms with Crippen LogP contribution in [0.3, 0.4) is 0 Å². The number of hydrogen-bond acceptors (Lipinski definition) is 4. The second-order valence-corrected chi connectivity index (χ2v) is 4.37. The zero-order chi connectivity index (χ0) is 12.8. The number of carboxylic acids is 1. The van der Waals surface area contributed by atoms with Crippen LogP contribution in [0.2, 0.25) is 10.3 Å². The fraction of sp³-hybridized carbons (Fsp3) is 0.500. The standard InChI is InChI=1S/C10H13Cl2N3O2/c1-2-6(3-9(16)17)5-13-7-4-8(11)14-15-10(7)12/h4,6H,2-3,5H2,1H3,(H,13,14)(H,16,17). The lowest BCUT2D eigenvalue weighted by Gasteiger charge is -2.14. The van der Waals surface area contributed by atoms with Gasteiger partial charge in [0, 0.05) is 19.0 Å². The number of carboxylic acid groups (broad SMARTS) is 1. The number of anilines is 1. The molecule has 2 N–H and O–H groups in total. The molecular formula is C10H13Cl2N3O2. The van der Waals surface area contributed by atoms with Crippen molar-refractivity contribution >= 4 is 34.9 Å². The molecule has 0 saturated carbocycles. The fourth-order valence-corrected chi connectivity index (χ4v) is 1.65. The minimum Gasteiger partial charge on any atom is -0.481 e. The molecule has 1 heterocycles. The Morgan fingerprint density at radius 3 is 2.82 bits per heavy atom. The van der Waals surface area contributed by atoms with Gasteiger partial charge in [0.1, 0.15) is 0 Å². The lowest BCUT2D eigenvalue weighted by Crippen LogP contribution is -2.17. The van der Waals surface area contributed by atoms with Crippen molar-refractivity contribution in [2.45, 2.75) is 19.8 Å². The van der Waals surface area contributed by atoms with Gasteiger partial charge in [0.25, 0.3) is 0 Å². The van der Waals surface area contributed by atoms with Crippen LogP contribution in [0.4, 0.5) is 5.69 Å². The molecule has 1 rings (SSSR count). The smallest absolute Gasteiger partial charge is 0.303 e. The average molecular weight is 278 g/mol. The number of aromatic nitrogens is 2. The summed E-state index contributed by atoms with van der Waals surface area (Å²) in [5.41, 5.74) is 0.565. The van der Waals surface area contributed by atoms with Crippen molar-refractivity contribution in [1.29, 1.82) is 0 Å². The van der Waals surface area contributed by atoms with Gasteiger partial charge in [-0.3, -0.25) is 4.79 Å². The Morgan fingerprint density at radius 1 is 1.53 bits per heavy atom. The van der Waals surface area contributed by atoms with E-state index in [4.69, 9.17) is 28.3 Å². The summed E-state index contributed by atoms with van der Waals surface area (Å²) >= 11 is 11.5. The minimum absolute atomic E-state index is 0.0375. The highest BCUT2D eigenvalue weighted by Gasteiger charge is 2.12. The normalized spacial score (nSPS) is 12.2. The molecule has 94 valence electrons. The van der Waals surface area contributed by atoms with Gasteiger partial charge in [0.05, 0.1) is 5.69 Å². The molecule has 0 aromatic carbocycles. The molecule has 5 nitrogen and oxygen atoms in total. The van der Waals surface area contributed by atoms with E-state index in [2.05, 4.69) is 15.5 Å². The number of aliphatic carboxylic acids is 1. The molecule has 7 heteroatoms. The SMILES string of the molecule is CCC(CNc1cc(Cl)nnc1Cl)CC(=O)O. The van der Waals surface area contributed by atoms with Gasteiger partial charge in [0.2, 0.25) is 0 Å². The number of carbonyl (C=O) groups is 1. The molecule has 0 saturated heterocycles. The zero-order valence-electron chi connectivity index (χ0n) is 9.28. The van der Waals surface area contributed by atoms with Crippen molar-refractivity contribution in [2.75, 3.05) is 11.9 Å². The van der Waals surface area contributed by atoms with E-state index in [0.29, 0.717) is 12.2 Å². The van der Waals surface area contributed by atoms with Gasteiger partial charge in [-0.25, -0.2) is 0 Å². The quantitative estimate of drug-likeness (QED) is 0.836. The lowest BCUT2D eigenvalue weighted by molar-refractivity contribution is -0.138. The number of nitrogens with one attached hydrogen (secondary N) is 1. The van der Waals surface area contributed by atoms with Gasteiger partial charge in [-0.2, -0.15) is 0 Å². The fourth-order valence-electron chi connectivity index (χ4n) is 1.34. The highest BCUT2D eigenvalue weighted by atomic mass is 35.5. The van der Waals surface area contributed by atoms with Gasteiger partial charge in [-0.15, -0.1) is 10.2 Å². The highest BCUT2D eigenvalue weighted by Crippen LogP contribution is 2.21. The Bertz CT molecular complexity index is 401. The predicted molar refractivity (Wildman–Crippen MR) is 66.6 cm³/mol. The summed E-state index contributed by atoms with van der Waals surface area (Å²) in [7, 11) is 0. The maximum atomic E-state index is 10.6. The second-order valence-electron chi connectivity index (χ2n) is 3.62. The monoisotopic (exact) mass is 277 g/mol. The molecule has 17 heavy (non-hydrogen) atoms. The second kappa shape index (κ2) is 6.61. The molecule has 0 aliphatic carbocycles. The Balaban J connectivity index is 2.59.